The van der Waals surface area contributed by atoms with Crippen LogP contribution in [0.5, 0.6) is 0 Å². The van der Waals surface area contributed by atoms with Crippen LogP contribution in [0.15, 0.2) is 0 Å². The largest absolute Gasteiger partial charge is 0.381 e. The molecule has 0 atom stereocenters. The third kappa shape index (κ3) is 5.96. The minimum absolute atomic E-state index is 0.694. The van der Waals surface area contributed by atoms with Crippen molar-refractivity contribution in [2.24, 2.45) is 0 Å². The number of unbranched alkanes of at least 4 members (excludes halogenated alkanes) is 1. The quantitative estimate of drug-likeness (QED) is 0.495. The Hall–Kier alpha value is -0.0400. The van der Waals surface area contributed by atoms with E-state index in [4.69, 9.17) is 4.74 Å². The van der Waals surface area contributed by atoms with Gasteiger partial charge in [0.25, 0.3) is 0 Å². The van der Waals surface area contributed by atoms with Crippen molar-refractivity contribution < 1.29 is 4.74 Å². The maximum absolute atomic E-state index is 5.11. The van der Waals surface area contributed by atoms with Crippen molar-refractivity contribution in [2.45, 2.75) is 19.8 Å². The van der Waals surface area contributed by atoms with Gasteiger partial charge >= 0.3 is 0 Å². The van der Waals surface area contributed by atoms with Gasteiger partial charge < -0.3 is 4.74 Å². The lowest BCUT2D eigenvalue weighted by atomic mass is 10.4. The Balaban J connectivity index is 2.53. The Kier molecular flexibility index (Phi) is 6.93. The van der Waals surface area contributed by atoms with E-state index in [0.717, 1.165) is 13.0 Å². The van der Waals surface area contributed by atoms with E-state index in [9.17, 15) is 0 Å². The Morgan fingerprint density at radius 2 is 2.38 bits per heavy atom. The van der Waals surface area contributed by atoms with Gasteiger partial charge in [-0.3, -0.25) is 0 Å². The first-order chi connectivity index (χ1) is 3.91. The van der Waals surface area contributed by atoms with Crippen LogP contribution in [0.2, 0.25) is 0 Å². The lowest BCUT2D eigenvalue weighted by Crippen LogP contribution is -1.94. The average molecular weight is 114 g/mol. The molecule has 0 aromatic heterocycles. The highest BCUT2D eigenvalue weighted by Gasteiger charge is 1.82. The predicted octanol–water partition coefficient (Wildman–Crippen LogP) is 1.84. The van der Waals surface area contributed by atoms with E-state index >= 15 is 0 Å². The second-order valence-corrected chi connectivity index (χ2v) is 1.72. The van der Waals surface area contributed by atoms with Crippen molar-refractivity contribution in [2.75, 3.05) is 13.2 Å². The SMILES string of the molecule is [CH2][CH]COCCCC. The van der Waals surface area contributed by atoms with E-state index < -0.39 is 0 Å². The van der Waals surface area contributed by atoms with Crippen molar-refractivity contribution in [1.29, 1.82) is 0 Å². The predicted molar refractivity (Wildman–Crippen MR) is 35.4 cm³/mol. The van der Waals surface area contributed by atoms with Gasteiger partial charge in [-0.2, -0.15) is 0 Å². The summed E-state index contributed by atoms with van der Waals surface area (Å²) >= 11 is 0. The summed E-state index contributed by atoms with van der Waals surface area (Å²) in [5, 5.41) is 0. The second-order valence-electron chi connectivity index (χ2n) is 1.72. The normalized spacial score (nSPS) is 9.75. The van der Waals surface area contributed by atoms with E-state index in [1.165, 1.54) is 6.42 Å². The first-order valence-electron chi connectivity index (χ1n) is 3.10. The summed E-state index contributed by atoms with van der Waals surface area (Å²) in [6, 6.07) is 0. The van der Waals surface area contributed by atoms with Crippen LogP contribution >= 0.6 is 0 Å². The molecule has 0 aromatic carbocycles. The van der Waals surface area contributed by atoms with Gasteiger partial charge in [-0.1, -0.05) is 13.3 Å². The van der Waals surface area contributed by atoms with E-state index in [0.29, 0.717) is 6.61 Å². The van der Waals surface area contributed by atoms with Crippen molar-refractivity contribution in [3.05, 3.63) is 13.3 Å². The lowest BCUT2D eigenvalue weighted by Gasteiger charge is -1.97. The number of ether oxygens (including phenoxy) is 1. The minimum Gasteiger partial charge on any atom is -0.381 e. The third-order valence-electron chi connectivity index (χ3n) is 0.878. The van der Waals surface area contributed by atoms with Crippen LogP contribution in [0, 0.1) is 13.3 Å². The Morgan fingerprint density at radius 1 is 1.62 bits per heavy atom. The maximum atomic E-state index is 5.11. The van der Waals surface area contributed by atoms with Gasteiger partial charge in [0.1, 0.15) is 0 Å². The highest BCUT2D eigenvalue weighted by atomic mass is 16.5. The first kappa shape index (κ1) is 7.96. The molecule has 1 nitrogen and oxygen atoms in total. The zero-order valence-electron chi connectivity index (χ0n) is 5.52. The molecule has 0 fully saturated rings. The molecule has 1 heteroatoms. The summed E-state index contributed by atoms with van der Waals surface area (Å²) in [7, 11) is 0. The van der Waals surface area contributed by atoms with Crippen molar-refractivity contribution >= 4 is 0 Å². The molecule has 48 valence electrons. The first-order valence-corrected chi connectivity index (χ1v) is 3.10. The zero-order chi connectivity index (χ0) is 6.24. The molecular formula is C7H14O. The highest BCUT2D eigenvalue weighted by Crippen LogP contribution is 1.87. The molecule has 0 aromatic rings. The van der Waals surface area contributed by atoms with Crippen molar-refractivity contribution in [3.8, 4) is 0 Å². The Labute approximate surface area is 52.0 Å². The molecule has 0 spiro atoms. The lowest BCUT2D eigenvalue weighted by molar-refractivity contribution is 0.153. The van der Waals surface area contributed by atoms with Crippen LogP contribution in [0.1, 0.15) is 19.8 Å². The van der Waals surface area contributed by atoms with Gasteiger partial charge in [-0.05, 0) is 19.8 Å². The van der Waals surface area contributed by atoms with E-state index in [-0.39, 0.29) is 0 Å². The van der Waals surface area contributed by atoms with Crippen LogP contribution in [-0.2, 0) is 4.74 Å². The fourth-order valence-electron chi connectivity index (χ4n) is 0.413. The molecule has 0 amide bonds. The van der Waals surface area contributed by atoms with E-state index in [1.807, 2.05) is 0 Å². The molecule has 0 rings (SSSR count). The summed E-state index contributed by atoms with van der Waals surface area (Å²) in [6.45, 7) is 7.26. The number of hydrogen-bond donors (Lipinski definition) is 0. The molecule has 0 aliphatic rings. The van der Waals surface area contributed by atoms with Gasteiger partial charge in [-0.15, -0.1) is 0 Å². The Bertz CT molecular complexity index is 29.4. The van der Waals surface area contributed by atoms with Crippen LogP contribution in [0.25, 0.3) is 0 Å². The molecule has 8 heavy (non-hydrogen) atoms. The highest BCUT2D eigenvalue weighted by molar-refractivity contribution is 4.63. The summed E-state index contributed by atoms with van der Waals surface area (Å²) in [6.07, 6.45) is 4.14. The molecule has 0 aliphatic heterocycles. The third-order valence-corrected chi connectivity index (χ3v) is 0.878. The van der Waals surface area contributed by atoms with E-state index in [2.05, 4.69) is 13.8 Å². The smallest absolute Gasteiger partial charge is 0.0497 e. The minimum atomic E-state index is 0.694. The molecule has 0 unspecified atom stereocenters. The molecule has 0 bridgehead atoms. The number of rotatable bonds is 5. The summed E-state index contributed by atoms with van der Waals surface area (Å²) in [4.78, 5) is 0. The van der Waals surface area contributed by atoms with Crippen molar-refractivity contribution in [1.82, 2.24) is 0 Å². The topological polar surface area (TPSA) is 9.23 Å². The van der Waals surface area contributed by atoms with Gasteiger partial charge in [0.15, 0.2) is 0 Å². The molecular weight excluding hydrogens is 100 g/mol. The zero-order valence-corrected chi connectivity index (χ0v) is 5.52. The monoisotopic (exact) mass is 114 g/mol. The number of hydrogen-bond acceptors (Lipinski definition) is 1. The van der Waals surface area contributed by atoms with Crippen LogP contribution in [0.3, 0.4) is 0 Å². The van der Waals surface area contributed by atoms with Gasteiger partial charge in [-0.25, -0.2) is 0 Å². The summed E-state index contributed by atoms with van der Waals surface area (Å²) in [5.41, 5.74) is 0. The summed E-state index contributed by atoms with van der Waals surface area (Å²) in [5.74, 6) is 0. The van der Waals surface area contributed by atoms with Crippen LogP contribution in [-0.4, -0.2) is 13.2 Å². The molecule has 0 saturated heterocycles. The fraction of sp³-hybridized carbons (Fsp3) is 0.714. The van der Waals surface area contributed by atoms with Gasteiger partial charge in [0.05, 0.1) is 0 Å². The molecule has 2 radical (unpaired) electrons. The van der Waals surface area contributed by atoms with E-state index in [1.54, 1.807) is 6.42 Å². The second kappa shape index (κ2) is 6.96. The maximum Gasteiger partial charge on any atom is 0.0497 e. The standard InChI is InChI=1S/C7H14O/c1-3-5-7-8-6-4-2/h4H,2-3,5-7H2,1H3. The molecule has 0 aliphatic carbocycles. The Morgan fingerprint density at radius 3 is 2.88 bits per heavy atom. The fourth-order valence-corrected chi connectivity index (χ4v) is 0.413. The molecule has 0 N–H and O–H groups in total. The van der Waals surface area contributed by atoms with Crippen LogP contribution < -0.4 is 0 Å². The summed E-state index contributed by atoms with van der Waals surface area (Å²) < 4.78 is 5.11. The van der Waals surface area contributed by atoms with Crippen LogP contribution in [0.4, 0.5) is 0 Å². The molecule has 0 heterocycles. The average Bonchev–Trinajstić information content (AvgIpc) is 1.81. The molecule has 0 saturated carbocycles. The van der Waals surface area contributed by atoms with Gasteiger partial charge in [0, 0.05) is 13.2 Å². The van der Waals surface area contributed by atoms with Crippen molar-refractivity contribution in [3.63, 3.8) is 0 Å². The van der Waals surface area contributed by atoms with Gasteiger partial charge in [0.2, 0.25) is 0 Å².